The normalized spacial score (nSPS) is 15.2. The Bertz CT molecular complexity index is 564. The Kier molecular flexibility index (Phi) is 7.12. The van der Waals surface area contributed by atoms with Gasteiger partial charge in [-0.3, -0.25) is 4.79 Å². The Labute approximate surface area is 136 Å². The van der Waals surface area contributed by atoms with Gasteiger partial charge in [0.2, 0.25) is 0 Å². The van der Waals surface area contributed by atoms with Gasteiger partial charge in [-0.25, -0.2) is 0 Å². The largest absolute Gasteiger partial charge is 0.326 e. The van der Waals surface area contributed by atoms with Crippen molar-refractivity contribution in [1.82, 2.24) is 4.98 Å². The van der Waals surface area contributed by atoms with Crippen LogP contribution in [-0.2, 0) is 6.42 Å². The van der Waals surface area contributed by atoms with Crippen LogP contribution in [0.25, 0.3) is 0 Å². The van der Waals surface area contributed by atoms with Gasteiger partial charge in [0, 0.05) is 17.2 Å². The first-order valence-electron chi connectivity index (χ1n) is 8.76. The van der Waals surface area contributed by atoms with Crippen LogP contribution in [0, 0.1) is 18.8 Å². The zero-order valence-electron chi connectivity index (χ0n) is 15.4. The topological polar surface area (TPSA) is 32.9 Å². The van der Waals surface area contributed by atoms with E-state index in [0.29, 0.717) is 11.8 Å². The smallest absolute Gasteiger partial charge is 0.251 e. The van der Waals surface area contributed by atoms with Gasteiger partial charge in [-0.15, -0.1) is 0 Å². The number of pyridine rings is 1. The molecule has 124 valence electrons. The van der Waals surface area contributed by atoms with Crippen molar-refractivity contribution in [2.24, 2.45) is 11.8 Å². The molecule has 0 aromatic carbocycles. The summed E-state index contributed by atoms with van der Waals surface area (Å²) in [5.74, 6) is 1.70. The molecule has 0 spiro atoms. The van der Waals surface area contributed by atoms with Crippen molar-refractivity contribution in [3.05, 3.63) is 44.9 Å². The lowest BCUT2D eigenvalue weighted by Crippen LogP contribution is -2.16. The van der Waals surface area contributed by atoms with Gasteiger partial charge in [-0.2, -0.15) is 0 Å². The van der Waals surface area contributed by atoms with Crippen molar-refractivity contribution >= 4 is 0 Å². The highest BCUT2D eigenvalue weighted by Gasteiger charge is 2.16. The van der Waals surface area contributed by atoms with Crippen molar-refractivity contribution in [3.8, 4) is 0 Å². The van der Waals surface area contributed by atoms with Crippen LogP contribution in [0.4, 0.5) is 0 Å². The monoisotopic (exact) mass is 303 g/mol. The lowest BCUT2D eigenvalue weighted by atomic mass is 9.84. The van der Waals surface area contributed by atoms with E-state index >= 15 is 0 Å². The van der Waals surface area contributed by atoms with Crippen LogP contribution in [0.15, 0.2) is 22.5 Å². The van der Waals surface area contributed by atoms with Gasteiger partial charge in [0.25, 0.3) is 5.56 Å². The van der Waals surface area contributed by atoms with Crippen LogP contribution >= 0.6 is 0 Å². The lowest BCUT2D eigenvalue weighted by Gasteiger charge is -2.22. The number of allylic oxidation sites excluding steroid dienone is 2. The number of aryl methyl sites for hydroxylation is 2. The van der Waals surface area contributed by atoms with E-state index in [1.807, 2.05) is 13.8 Å². The maximum absolute atomic E-state index is 11.9. The van der Waals surface area contributed by atoms with Crippen molar-refractivity contribution in [2.45, 2.75) is 73.6 Å². The zero-order chi connectivity index (χ0) is 16.9. The van der Waals surface area contributed by atoms with Gasteiger partial charge >= 0.3 is 0 Å². The van der Waals surface area contributed by atoms with E-state index in [9.17, 15) is 4.79 Å². The third-order valence-electron chi connectivity index (χ3n) is 5.20. The second kappa shape index (κ2) is 8.36. The van der Waals surface area contributed by atoms with E-state index in [1.54, 1.807) is 0 Å². The van der Waals surface area contributed by atoms with Gasteiger partial charge in [0.1, 0.15) is 0 Å². The summed E-state index contributed by atoms with van der Waals surface area (Å²) in [6.45, 7) is 15.4. The summed E-state index contributed by atoms with van der Waals surface area (Å²) < 4.78 is 0. The number of hydrogen-bond acceptors (Lipinski definition) is 1. The molecule has 0 aliphatic rings. The van der Waals surface area contributed by atoms with Crippen LogP contribution in [0.5, 0.6) is 0 Å². The molecule has 1 heterocycles. The average molecular weight is 303 g/mol. The molecule has 1 aromatic heterocycles. The molecule has 0 aliphatic heterocycles. The number of hydrogen-bond donors (Lipinski definition) is 1. The van der Waals surface area contributed by atoms with Crippen LogP contribution in [0.1, 0.15) is 77.1 Å². The van der Waals surface area contributed by atoms with Crippen molar-refractivity contribution < 1.29 is 0 Å². The molecule has 0 saturated carbocycles. The van der Waals surface area contributed by atoms with E-state index < -0.39 is 0 Å². The van der Waals surface area contributed by atoms with E-state index in [-0.39, 0.29) is 5.56 Å². The van der Waals surface area contributed by atoms with Crippen molar-refractivity contribution in [2.75, 3.05) is 0 Å². The first-order valence-corrected chi connectivity index (χ1v) is 8.76. The van der Waals surface area contributed by atoms with Gasteiger partial charge in [0.05, 0.1) is 0 Å². The molecule has 2 nitrogen and oxygen atoms in total. The summed E-state index contributed by atoms with van der Waals surface area (Å²) >= 11 is 0. The number of nitrogens with one attached hydrogen (secondary N) is 1. The summed E-state index contributed by atoms with van der Waals surface area (Å²) in [5, 5.41) is 0. The van der Waals surface area contributed by atoms with Crippen LogP contribution < -0.4 is 5.56 Å². The van der Waals surface area contributed by atoms with Gasteiger partial charge in [-0.05, 0) is 43.7 Å². The van der Waals surface area contributed by atoms with Crippen molar-refractivity contribution in [1.29, 1.82) is 0 Å². The molecule has 22 heavy (non-hydrogen) atoms. The molecule has 0 radical (unpaired) electrons. The SMILES string of the molecule is CCc1cc(C(C)C(C)=CC(C)C(CC)CC)c(C)[nH]c1=O. The van der Waals surface area contributed by atoms with Crippen LogP contribution in [0.2, 0.25) is 0 Å². The molecular formula is C20H33NO. The third kappa shape index (κ3) is 4.34. The van der Waals surface area contributed by atoms with E-state index in [1.165, 1.54) is 24.0 Å². The standard InChI is InChI=1S/C20H33NO/c1-8-17(9-2)14(5)11-13(4)15(6)19-12-18(10-3)20(22)21-16(19)7/h11-12,14-15,17H,8-10H2,1-7H3,(H,21,22). The summed E-state index contributed by atoms with van der Waals surface area (Å²) in [5.41, 5.74) is 4.59. The fraction of sp³-hybridized carbons (Fsp3) is 0.650. The van der Waals surface area contributed by atoms with E-state index in [0.717, 1.165) is 23.6 Å². The molecule has 1 rings (SSSR count). The summed E-state index contributed by atoms with van der Waals surface area (Å²) in [6.07, 6.45) is 5.67. The zero-order valence-corrected chi connectivity index (χ0v) is 15.4. The molecule has 0 fully saturated rings. The Morgan fingerprint density at radius 2 is 1.82 bits per heavy atom. The molecule has 0 aliphatic carbocycles. The fourth-order valence-corrected chi connectivity index (χ4v) is 3.37. The quantitative estimate of drug-likeness (QED) is 0.675. The van der Waals surface area contributed by atoms with E-state index in [4.69, 9.17) is 0 Å². The second-order valence-electron chi connectivity index (χ2n) is 6.63. The molecule has 2 atom stereocenters. The first-order chi connectivity index (χ1) is 10.3. The highest BCUT2D eigenvalue weighted by atomic mass is 16.1. The average Bonchev–Trinajstić information content (AvgIpc) is 2.48. The Hall–Kier alpha value is -1.31. The van der Waals surface area contributed by atoms with Gasteiger partial charge < -0.3 is 4.98 Å². The van der Waals surface area contributed by atoms with Crippen molar-refractivity contribution in [3.63, 3.8) is 0 Å². The summed E-state index contributed by atoms with van der Waals surface area (Å²) in [7, 11) is 0. The summed E-state index contributed by atoms with van der Waals surface area (Å²) in [4.78, 5) is 14.9. The molecule has 1 N–H and O–H groups in total. The number of H-pyrrole nitrogens is 1. The first kappa shape index (κ1) is 18.7. The highest BCUT2D eigenvalue weighted by molar-refractivity contribution is 5.33. The minimum Gasteiger partial charge on any atom is -0.326 e. The number of rotatable bonds is 7. The Balaban J connectivity index is 3.09. The summed E-state index contributed by atoms with van der Waals surface area (Å²) in [6, 6.07) is 2.10. The Morgan fingerprint density at radius 1 is 1.23 bits per heavy atom. The predicted octanol–water partition coefficient (Wildman–Crippen LogP) is 5.37. The highest BCUT2D eigenvalue weighted by Crippen LogP contribution is 2.29. The predicted molar refractivity (Wildman–Crippen MR) is 96.6 cm³/mol. The minimum atomic E-state index is 0.0583. The third-order valence-corrected chi connectivity index (χ3v) is 5.20. The van der Waals surface area contributed by atoms with Gasteiger partial charge in [-0.1, -0.05) is 59.1 Å². The minimum absolute atomic E-state index is 0.0583. The lowest BCUT2D eigenvalue weighted by molar-refractivity contribution is 0.392. The van der Waals surface area contributed by atoms with Crippen LogP contribution in [-0.4, -0.2) is 4.98 Å². The maximum atomic E-state index is 11.9. The molecule has 1 aromatic rings. The van der Waals surface area contributed by atoms with Crippen LogP contribution in [0.3, 0.4) is 0 Å². The number of aromatic amines is 1. The fourth-order valence-electron chi connectivity index (χ4n) is 3.37. The Morgan fingerprint density at radius 3 is 2.32 bits per heavy atom. The maximum Gasteiger partial charge on any atom is 0.251 e. The second-order valence-corrected chi connectivity index (χ2v) is 6.63. The molecule has 0 bridgehead atoms. The molecular weight excluding hydrogens is 270 g/mol. The molecule has 2 heteroatoms. The number of aromatic nitrogens is 1. The molecule has 2 unspecified atom stereocenters. The molecule has 0 amide bonds. The van der Waals surface area contributed by atoms with Gasteiger partial charge in [0.15, 0.2) is 0 Å². The molecule has 0 saturated heterocycles. The van der Waals surface area contributed by atoms with E-state index in [2.05, 4.69) is 51.7 Å².